The molecule has 0 bridgehead atoms. The van der Waals surface area contributed by atoms with E-state index in [1.54, 1.807) is 0 Å². The zero-order valence-corrected chi connectivity index (χ0v) is 9.95. The number of nitrogens with zero attached hydrogens (tertiary/aromatic N) is 1. The monoisotopic (exact) mass is 257 g/mol. The van der Waals surface area contributed by atoms with E-state index >= 15 is 0 Å². The third kappa shape index (κ3) is 3.16. The fourth-order valence-electron chi connectivity index (χ4n) is 1.53. The second kappa shape index (κ2) is 5.77. The van der Waals surface area contributed by atoms with Crippen molar-refractivity contribution < 1.29 is 19.4 Å². The number of hydrogen-bond acceptors (Lipinski definition) is 4. The summed E-state index contributed by atoms with van der Waals surface area (Å²) >= 11 is 0. The summed E-state index contributed by atoms with van der Waals surface area (Å²) in [5, 5.41) is 8.95. The van der Waals surface area contributed by atoms with Gasteiger partial charge in [0.05, 0.1) is 5.56 Å². The number of carbonyl (C=O) groups is 2. The van der Waals surface area contributed by atoms with E-state index in [2.05, 4.69) is 4.98 Å². The van der Waals surface area contributed by atoms with Crippen molar-refractivity contribution in [1.29, 1.82) is 0 Å². The fourth-order valence-corrected chi connectivity index (χ4v) is 1.53. The van der Waals surface area contributed by atoms with Crippen LogP contribution in [0.5, 0.6) is 0 Å². The van der Waals surface area contributed by atoms with Gasteiger partial charge in [-0.25, -0.2) is 14.6 Å². The largest absolute Gasteiger partial charge is 0.478 e. The van der Waals surface area contributed by atoms with Crippen molar-refractivity contribution in [2.24, 2.45) is 0 Å². The number of carbonyl (C=O) groups excluding carboxylic acids is 1. The molecular weight excluding hydrogens is 246 g/mol. The maximum absolute atomic E-state index is 11.8. The number of pyridine rings is 1. The van der Waals surface area contributed by atoms with Crippen molar-refractivity contribution in [3.05, 3.63) is 65.5 Å². The molecule has 0 aliphatic carbocycles. The predicted molar refractivity (Wildman–Crippen MR) is 66.8 cm³/mol. The average molecular weight is 257 g/mol. The summed E-state index contributed by atoms with van der Waals surface area (Å²) < 4.78 is 5.04. The molecule has 0 amide bonds. The van der Waals surface area contributed by atoms with Crippen molar-refractivity contribution in [2.45, 2.75) is 6.61 Å². The lowest BCUT2D eigenvalue weighted by molar-refractivity contribution is 0.0456. The third-order valence-corrected chi connectivity index (χ3v) is 2.44. The molecule has 2 rings (SSSR count). The Balaban J connectivity index is 2.10. The predicted octanol–water partition coefficient (Wildman–Crippen LogP) is 2.14. The van der Waals surface area contributed by atoms with Crippen LogP contribution in [0.25, 0.3) is 0 Å². The molecule has 5 nitrogen and oxygen atoms in total. The first-order valence-electron chi connectivity index (χ1n) is 5.58. The SMILES string of the molecule is O=C(O)c1cccnc1C(=O)OCc1ccccc1. The molecule has 0 aliphatic heterocycles. The Kier molecular flexibility index (Phi) is 3.87. The molecular formula is C14H11NO4. The maximum atomic E-state index is 11.8. The van der Waals surface area contributed by atoms with Crippen LogP contribution in [0.15, 0.2) is 48.7 Å². The number of esters is 1. The minimum atomic E-state index is -1.21. The van der Waals surface area contributed by atoms with Gasteiger partial charge in [0, 0.05) is 6.20 Å². The summed E-state index contributed by atoms with van der Waals surface area (Å²) in [5.74, 6) is -1.96. The number of carboxylic acids is 1. The molecule has 0 atom stereocenters. The van der Waals surface area contributed by atoms with E-state index in [9.17, 15) is 9.59 Å². The normalized spacial score (nSPS) is 9.89. The van der Waals surface area contributed by atoms with Gasteiger partial charge >= 0.3 is 11.9 Å². The number of aromatic carboxylic acids is 1. The molecule has 0 aliphatic rings. The van der Waals surface area contributed by atoms with Crippen LogP contribution in [0, 0.1) is 0 Å². The van der Waals surface area contributed by atoms with Crippen molar-refractivity contribution >= 4 is 11.9 Å². The Morgan fingerprint density at radius 3 is 2.53 bits per heavy atom. The molecule has 2 aromatic rings. The van der Waals surface area contributed by atoms with Crippen LogP contribution in [0.3, 0.4) is 0 Å². The minimum Gasteiger partial charge on any atom is -0.478 e. The van der Waals surface area contributed by atoms with Crippen LogP contribution in [0.2, 0.25) is 0 Å². The van der Waals surface area contributed by atoms with Gasteiger partial charge in [-0.3, -0.25) is 0 Å². The number of benzene rings is 1. The molecule has 1 N–H and O–H groups in total. The van der Waals surface area contributed by atoms with Gasteiger partial charge in [0.2, 0.25) is 0 Å². The highest BCUT2D eigenvalue weighted by Gasteiger charge is 2.18. The highest BCUT2D eigenvalue weighted by Crippen LogP contribution is 2.09. The van der Waals surface area contributed by atoms with Gasteiger partial charge in [-0.05, 0) is 17.7 Å². The highest BCUT2D eigenvalue weighted by atomic mass is 16.5. The highest BCUT2D eigenvalue weighted by molar-refractivity contribution is 6.00. The van der Waals surface area contributed by atoms with E-state index in [1.165, 1.54) is 18.3 Å². The number of ether oxygens (including phenoxy) is 1. The molecule has 5 heteroatoms. The van der Waals surface area contributed by atoms with Gasteiger partial charge in [-0.2, -0.15) is 0 Å². The van der Waals surface area contributed by atoms with E-state index in [0.29, 0.717) is 0 Å². The zero-order chi connectivity index (χ0) is 13.7. The number of hydrogen-bond donors (Lipinski definition) is 1. The first kappa shape index (κ1) is 12.8. The lowest BCUT2D eigenvalue weighted by atomic mass is 10.2. The first-order chi connectivity index (χ1) is 9.18. The van der Waals surface area contributed by atoms with Gasteiger partial charge in [0.25, 0.3) is 0 Å². The Bertz CT molecular complexity index is 595. The van der Waals surface area contributed by atoms with Crippen LogP contribution in [-0.4, -0.2) is 22.0 Å². The van der Waals surface area contributed by atoms with Crippen LogP contribution in [0.4, 0.5) is 0 Å². The smallest absolute Gasteiger partial charge is 0.358 e. The van der Waals surface area contributed by atoms with Crippen LogP contribution >= 0.6 is 0 Å². The van der Waals surface area contributed by atoms with E-state index in [4.69, 9.17) is 9.84 Å². The zero-order valence-electron chi connectivity index (χ0n) is 9.95. The molecule has 0 saturated heterocycles. The van der Waals surface area contributed by atoms with Gasteiger partial charge in [0.1, 0.15) is 6.61 Å². The molecule has 96 valence electrons. The summed E-state index contributed by atoms with van der Waals surface area (Å²) in [7, 11) is 0. The van der Waals surface area contributed by atoms with Gasteiger partial charge in [0.15, 0.2) is 5.69 Å². The second-order valence-electron chi connectivity index (χ2n) is 3.77. The van der Waals surface area contributed by atoms with Crippen molar-refractivity contribution in [1.82, 2.24) is 4.98 Å². The molecule has 0 radical (unpaired) electrons. The molecule has 0 spiro atoms. The van der Waals surface area contributed by atoms with E-state index in [1.807, 2.05) is 30.3 Å². The van der Waals surface area contributed by atoms with Crippen molar-refractivity contribution in [3.63, 3.8) is 0 Å². The summed E-state index contributed by atoms with van der Waals surface area (Å²) in [5.41, 5.74) is 0.468. The van der Waals surface area contributed by atoms with Crippen LogP contribution < -0.4 is 0 Å². The quantitative estimate of drug-likeness (QED) is 0.849. The third-order valence-electron chi connectivity index (χ3n) is 2.44. The summed E-state index contributed by atoms with van der Waals surface area (Å²) in [4.78, 5) is 26.5. The topological polar surface area (TPSA) is 76.5 Å². The second-order valence-corrected chi connectivity index (χ2v) is 3.77. The molecule has 0 saturated carbocycles. The Hall–Kier alpha value is -2.69. The summed E-state index contributed by atoms with van der Waals surface area (Å²) in [6, 6.07) is 11.9. The van der Waals surface area contributed by atoms with Gasteiger partial charge < -0.3 is 9.84 Å². The minimum absolute atomic E-state index is 0.0787. The molecule has 1 heterocycles. The first-order valence-corrected chi connectivity index (χ1v) is 5.58. The van der Waals surface area contributed by atoms with Crippen LogP contribution in [-0.2, 0) is 11.3 Å². The molecule has 0 unspecified atom stereocenters. The van der Waals surface area contributed by atoms with E-state index in [0.717, 1.165) is 5.56 Å². The van der Waals surface area contributed by atoms with Crippen molar-refractivity contribution in [2.75, 3.05) is 0 Å². The van der Waals surface area contributed by atoms with Crippen molar-refractivity contribution in [3.8, 4) is 0 Å². The number of rotatable bonds is 4. The molecule has 0 fully saturated rings. The molecule has 19 heavy (non-hydrogen) atoms. The lowest BCUT2D eigenvalue weighted by Crippen LogP contribution is -2.13. The number of aromatic nitrogens is 1. The van der Waals surface area contributed by atoms with Gasteiger partial charge in [-0.1, -0.05) is 30.3 Å². The Morgan fingerprint density at radius 2 is 1.84 bits per heavy atom. The Labute approximate surface area is 109 Å². The fraction of sp³-hybridized carbons (Fsp3) is 0.0714. The van der Waals surface area contributed by atoms with E-state index in [-0.39, 0.29) is 17.9 Å². The Morgan fingerprint density at radius 1 is 1.11 bits per heavy atom. The lowest BCUT2D eigenvalue weighted by Gasteiger charge is -2.06. The standard InChI is InChI=1S/C14H11NO4/c16-13(17)11-7-4-8-15-12(11)14(18)19-9-10-5-2-1-3-6-10/h1-8H,9H2,(H,16,17). The molecule has 1 aromatic carbocycles. The maximum Gasteiger partial charge on any atom is 0.358 e. The van der Waals surface area contributed by atoms with Gasteiger partial charge in [-0.15, -0.1) is 0 Å². The average Bonchev–Trinajstić information content (AvgIpc) is 2.46. The summed E-state index contributed by atoms with van der Waals surface area (Å²) in [6.45, 7) is 0.0787. The van der Waals surface area contributed by atoms with Crippen LogP contribution in [0.1, 0.15) is 26.4 Å². The van der Waals surface area contributed by atoms with E-state index < -0.39 is 11.9 Å². The summed E-state index contributed by atoms with van der Waals surface area (Å²) in [6.07, 6.45) is 1.35. The number of carboxylic acid groups (broad SMARTS) is 1. The molecule has 1 aromatic heterocycles.